The summed E-state index contributed by atoms with van der Waals surface area (Å²) in [7, 11) is 0. The largest absolute Gasteiger partial charge is 0.486 e. The van der Waals surface area contributed by atoms with Gasteiger partial charge in [0.05, 0.1) is 5.69 Å². The second-order valence-electron chi connectivity index (χ2n) is 6.34. The molecule has 0 radical (unpaired) electrons. The van der Waals surface area contributed by atoms with Crippen molar-refractivity contribution in [3.05, 3.63) is 23.6 Å². The number of hydrogen-bond acceptors (Lipinski definition) is 6. The number of fused-ring (bicyclic) bond motifs is 1. The summed E-state index contributed by atoms with van der Waals surface area (Å²) in [4.78, 5) is 16.6. The Hall–Kier alpha value is -1.83. The maximum Gasteiger partial charge on any atom is 0.226 e. The first-order valence-corrected chi connectivity index (χ1v) is 9.52. The zero-order chi connectivity index (χ0) is 17.1. The van der Waals surface area contributed by atoms with Crippen LogP contribution in [0.2, 0.25) is 0 Å². The van der Waals surface area contributed by atoms with Crippen molar-refractivity contribution in [2.24, 2.45) is 5.92 Å². The summed E-state index contributed by atoms with van der Waals surface area (Å²) in [6.07, 6.45) is 2.64. The molecule has 1 aromatic carbocycles. The average Bonchev–Trinajstić information content (AvgIpc) is 3.31. The Labute approximate surface area is 162 Å². The first-order chi connectivity index (χ1) is 12.3. The first kappa shape index (κ1) is 18.9. The monoisotopic (exact) mass is 395 g/mol. The minimum absolute atomic E-state index is 0. The van der Waals surface area contributed by atoms with Crippen LogP contribution in [0.5, 0.6) is 11.5 Å². The number of hydrogen-bond donors (Lipinski definition) is 2. The van der Waals surface area contributed by atoms with Crippen molar-refractivity contribution in [1.29, 1.82) is 0 Å². The lowest BCUT2D eigenvalue weighted by Crippen LogP contribution is -2.15. The number of rotatable bonds is 5. The third-order valence-corrected chi connectivity index (χ3v) is 5.29. The molecule has 1 fully saturated rings. The minimum Gasteiger partial charge on any atom is -0.486 e. The number of anilines is 1. The summed E-state index contributed by atoms with van der Waals surface area (Å²) in [5.74, 6) is 2.16. The normalized spacial score (nSPS) is 18.2. The molecule has 0 aliphatic carbocycles. The predicted molar refractivity (Wildman–Crippen MR) is 105 cm³/mol. The summed E-state index contributed by atoms with van der Waals surface area (Å²) in [6.45, 7) is 3.23. The molecule has 4 rings (SSSR count). The highest BCUT2D eigenvalue weighted by atomic mass is 35.5. The highest BCUT2D eigenvalue weighted by Gasteiger charge is 2.17. The topological polar surface area (TPSA) is 72.5 Å². The van der Waals surface area contributed by atoms with Gasteiger partial charge in [0.1, 0.15) is 13.2 Å². The molecule has 3 heterocycles. The van der Waals surface area contributed by atoms with E-state index in [0.717, 1.165) is 42.3 Å². The molecule has 140 valence electrons. The van der Waals surface area contributed by atoms with E-state index in [1.54, 1.807) is 0 Å². The molecule has 1 unspecified atom stereocenters. The zero-order valence-electron chi connectivity index (χ0n) is 14.3. The number of halogens is 1. The van der Waals surface area contributed by atoms with Crippen LogP contribution in [-0.4, -0.2) is 37.2 Å². The number of benzene rings is 1. The number of carbonyl (C=O) groups excluding carboxylic acids is 1. The number of nitrogens with one attached hydrogen (secondary N) is 2. The molecule has 2 N–H and O–H groups in total. The van der Waals surface area contributed by atoms with Crippen LogP contribution in [0.3, 0.4) is 0 Å². The van der Waals surface area contributed by atoms with Gasteiger partial charge in [0.15, 0.2) is 16.6 Å². The van der Waals surface area contributed by atoms with Crippen LogP contribution < -0.4 is 20.1 Å². The number of ether oxygens (including phenoxy) is 2. The number of amides is 1. The fourth-order valence-electron chi connectivity index (χ4n) is 3.14. The van der Waals surface area contributed by atoms with Crippen LogP contribution in [0, 0.1) is 5.92 Å². The van der Waals surface area contributed by atoms with Gasteiger partial charge in [-0.25, -0.2) is 4.98 Å². The summed E-state index contributed by atoms with van der Waals surface area (Å²) in [5, 5.41) is 8.82. The van der Waals surface area contributed by atoms with Crippen LogP contribution >= 0.6 is 23.7 Å². The van der Waals surface area contributed by atoms with E-state index >= 15 is 0 Å². The van der Waals surface area contributed by atoms with Crippen molar-refractivity contribution in [2.45, 2.75) is 19.3 Å². The van der Waals surface area contributed by atoms with E-state index in [4.69, 9.17) is 9.47 Å². The third-order valence-electron chi connectivity index (χ3n) is 4.53. The molecule has 2 aliphatic heterocycles. The SMILES string of the molecule is Cl.O=C(CCC1CCNC1)Nc1nc(-c2ccc3c(c2)OCCO3)cs1. The summed E-state index contributed by atoms with van der Waals surface area (Å²) in [5.41, 5.74) is 1.79. The van der Waals surface area contributed by atoms with Gasteiger partial charge in [-0.1, -0.05) is 0 Å². The second-order valence-corrected chi connectivity index (χ2v) is 7.20. The van der Waals surface area contributed by atoms with E-state index in [9.17, 15) is 4.79 Å². The fourth-order valence-corrected chi connectivity index (χ4v) is 3.88. The molecule has 0 saturated carbocycles. The minimum atomic E-state index is 0. The van der Waals surface area contributed by atoms with E-state index < -0.39 is 0 Å². The van der Waals surface area contributed by atoms with E-state index in [1.807, 2.05) is 23.6 Å². The molecule has 0 spiro atoms. The fraction of sp³-hybridized carbons (Fsp3) is 0.444. The number of nitrogens with zero attached hydrogens (tertiary/aromatic N) is 1. The van der Waals surface area contributed by atoms with Gasteiger partial charge in [-0.15, -0.1) is 23.7 Å². The standard InChI is InChI=1S/C18H21N3O3S.ClH/c22-17(4-1-12-5-6-19-10-12)21-18-20-14(11-25-18)13-2-3-15-16(9-13)24-8-7-23-15;/h2-3,9,11-12,19H,1,4-8,10H2,(H,20,21,22);1H. The van der Waals surface area contributed by atoms with E-state index in [-0.39, 0.29) is 18.3 Å². The highest BCUT2D eigenvalue weighted by Crippen LogP contribution is 2.35. The van der Waals surface area contributed by atoms with Crippen molar-refractivity contribution < 1.29 is 14.3 Å². The Morgan fingerprint density at radius 1 is 1.31 bits per heavy atom. The molecule has 26 heavy (non-hydrogen) atoms. The van der Waals surface area contributed by atoms with Crippen molar-refractivity contribution in [3.8, 4) is 22.8 Å². The molecule has 1 atom stereocenters. The Morgan fingerprint density at radius 2 is 2.15 bits per heavy atom. The average molecular weight is 396 g/mol. The number of carbonyl (C=O) groups is 1. The maximum atomic E-state index is 12.1. The molecule has 6 nitrogen and oxygen atoms in total. The van der Waals surface area contributed by atoms with Gasteiger partial charge in [0.25, 0.3) is 0 Å². The first-order valence-electron chi connectivity index (χ1n) is 8.64. The second kappa shape index (κ2) is 8.70. The molecular formula is C18H22ClN3O3S. The number of aromatic nitrogens is 1. The Morgan fingerprint density at radius 3 is 2.96 bits per heavy atom. The lowest BCUT2D eigenvalue weighted by molar-refractivity contribution is -0.116. The van der Waals surface area contributed by atoms with Crippen LogP contribution in [0.15, 0.2) is 23.6 Å². The van der Waals surface area contributed by atoms with E-state index in [1.165, 1.54) is 17.8 Å². The quantitative estimate of drug-likeness (QED) is 0.812. The summed E-state index contributed by atoms with van der Waals surface area (Å²) < 4.78 is 11.2. The van der Waals surface area contributed by atoms with Crippen LogP contribution in [-0.2, 0) is 4.79 Å². The summed E-state index contributed by atoms with van der Waals surface area (Å²) >= 11 is 1.44. The molecule has 1 saturated heterocycles. The van der Waals surface area contributed by atoms with Crippen molar-refractivity contribution in [1.82, 2.24) is 10.3 Å². The van der Waals surface area contributed by atoms with Gasteiger partial charge >= 0.3 is 0 Å². The predicted octanol–water partition coefficient (Wildman–Crippen LogP) is 3.33. The third kappa shape index (κ3) is 4.47. The maximum absolute atomic E-state index is 12.1. The molecular weight excluding hydrogens is 374 g/mol. The highest BCUT2D eigenvalue weighted by molar-refractivity contribution is 7.14. The Bertz CT molecular complexity index is 762. The van der Waals surface area contributed by atoms with Gasteiger partial charge in [-0.05, 0) is 50.0 Å². The van der Waals surface area contributed by atoms with Gasteiger partial charge in [0.2, 0.25) is 5.91 Å². The number of thiazole rings is 1. The van der Waals surface area contributed by atoms with Crippen molar-refractivity contribution in [2.75, 3.05) is 31.6 Å². The summed E-state index contributed by atoms with van der Waals surface area (Å²) in [6, 6.07) is 5.79. The molecule has 0 bridgehead atoms. The molecule has 1 amide bonds. The van der Waals surface area contributed by atoms with Crippen LogP contribution in [0.25, 0.3) is 11.3 Å². The van der Waals surface area contributed by atoms with E-state index in [2.05, 4.69) is 15.6 Å². The van der Waals surface area contributed by atoms with Gasteiger partial charge < -0.3 is 20.1 Å². The van der Waals surface area contributed by atoms with E-state index in [0.29, 0.717) is 30.7 Å². The van der Waals surface area contributed by atoms with Crippen LogP contribution in [0.4, 0.5) is 5.13 Å². The van der Waals surface area contributed by atoms with Crippen LogP contribution in [0.1, 0.15) is 19.3 Å². The lowest BCUT2D eigenvalue weighted by Gasteiger charge is -2.18. The Balaban J connectivity index is 0.00000196. The lowest BCUT2D eigenvalue weighted by atomic mass is 10.0. The smallest absolute Gasteiger partial charge is 0.226 e. The van der Waals surface area contributed by atoms with Crippen molar-refractivity contribution >= 4 is 34.8 Å². The molecule has 2 aromatic rings. The van der Waals surface area contributed by atoms with Gasteiger partial charge in [-0.2, -0.15) is 0 Å². The van der Waals surface area contributed by atoms with Gasteiger partial charge in [-0.3, -0.25) is 4.79 Å². The Kier molecular flexibility index (Phi) is 6.34. The molecule has 2 aliphatic rings. The molecule has 8 heteroatoms. The van der Waals surface area contributed by atoms with Crippen molar-refractivity contribution in [3.63, 3.8) is 0 Å². The zero-order valence-corrected chi connectivity index (χ0v) is 16.0. The molecule has 1 aromatic heterocycles. The van der Waals surface area contributed by atoms with Gasteiger partial charge in [0, 0.05) is 17.4 Å².